The van der Waals surface area contributed by atoms with Crippen LogP contribution in [0.1, 0.15) is 25.1 Å². The predicted octanol–water partition coefficient (Wildman–Crippen LogP) is 6.47. The fraction of sp³-hybridized carbons (Fsp3) is 0.208. The first-order valence-corrected chi connectivity index (χ1v) is 12.1. The molecule has 1 atom stereocenters. The van der Waals surface area contributed by atoms with Crippen molar-refractivity contribution in [1.29, 1.82) is 0 Å². The number of methoxy groups -OCH3 is 1. The molecule has 0 radical (unpaired) electrons. The van der Waals surface area contributed by atoms with Gasteiger partial charge in [-0.15, -0.1) is 10.2 Å². The van der Waals surface area contributed by atoms with Crippen molar-refractivity contribution in [2.45, 2.75) is 24.7 Å². The Kier molecular flexibility index (Phi) is 5.89. The van der Waals surface area contributed by atoms with Crippen LogP contribution in [0.4, 0.5) is 5.69 Å². The zero-order valence-corrected chi connectivity index (χ0v) is 20.0. The maximum atomic E-state index is 6.47. The molecule has 1 N–H and O–H groups in total. The van der Waals surface area contributed by atoms with Crippen molar-refractivity contribution in [3.63, 3.8) is 0 Å². The van der Waals surface area contributed by atoms with Gasteiger partial charge in [0.1, 0.15) is 5.75 Å². The highest BCUT2D eigenvalue weighted by molar-refractivity contribution is 9.10. The normalized spacial score (nSPS) is 14.7. The Labute approximate surface area is 198 Å². The van der Waals surface area contributed by atoms with Gasteiger partial charge < -0.3 is 14.8 Å². The summed E-state index contributed by atoms with van der Waals surface area (Å²) in [6, 6.07) is 18.2. The van der Waals surface area contributed by atoms with Crippen LogP contribution in [0.3, 0.4) is 0 Å². The maximum absolute atomic E-state index is 6.47. The van der Waals surface area contributed by atoms with Gasteiger partial charge in [-0.3, -0.25) is 0 Å². The predicted molar refractivity (Wildman–Crippen MR) is 131 cm³/mol. The van der Waals surface area contributed by atoms with Crippen molar-refractivity contribution in [3.8, 4) is 22.9 Å². The number of thioether (sulfide) groups is 1. The topological polar surface area (TPSA) is 69.2 Å². The van der Waals surface area contributed by atoms with Crippen LogP contribution in [0.5, 0.6) is 11.6 Å². The van der Waals surface area contributed by atoms with E-state index in [-0.39, 0.29) is 0 Å². The Bertz CT molecular complexity index is 1300. The van der Waals surface area contributed by atoms with E-state index in [0.717, 1.165) is 50.0 Å². The van der Waals surface area contributed by atoms with Gasteiger partial charge in [0.15, 0.2) is 11.9 Å². The van der Waals surface area contributed by atoms with Gasteiger partial charge in [-0.05, 0) is 42.1 Å². The summed E-state index contributed by atoms with van der Waals surface area (Å²) >= 11 is 5.15. The van der Waals surface area contributed by atoms with Crippen molar-refractivity contribution in [3.05, 3.63) is 64.6 Å². The summed E-state index contributed by atoms with van der Waals surface area (Å²) in [5.41, 5.74) is 3.41. The average molecular weight is 509 g/mol. The molecule has 8 heteroatoms. The third-order valence-electron chi connectivity index (χ3n) is 5.24. The molecule has 0 saturated carbocycles. The quantitative estimate of drug-likeness (QED) is 0.309. The van der Waals surface area contributed by atoms with Gasteiger partial charge in [-0.25, -0.2) is 0 Å². The number of hydrogen-bond acceptors (Lipinski definition) is 7. The summed E-state index contributed by atoms with van der Waals surface area (Å²) in [5, 5.41) is 15.1. The molecular formula is C24H21BrN4O2S. The van der Waals surface area contributed by atoms with E-state index in [1.54, 1.807) is 18.9 Å². The molecule has 3 aromatic carbocycles. The molecule has 0 fully saturated rings. The molecule has 0 aliphatic carbocycles. The molecule has 0 bridgehead atoms. The summed E-state index contributed by atoms with van der Waals surface area (Å²) in [6.45, 7) is 2.13. The van der Waals surface area contributed by atoms with Crippen LogP contribution < -0.4 is 14.8 Å². The Hall–Kier alpha value is -2.84. The Morgan fingerprint density at radius 1 is 1.09 bits per heavy atom. The highest BCUT2D eigenvalue weighted by atomic mass is 79.9. The third kappa shape index (κ3) is 3.89. The number of halogens is 1. The van der Waals surface area contributed by atoms with Crippen LogP contribution in [-0.2, 0) is 0 Å². The zero-order valence-electron chi connectivity index (χ0n) is 17.6. The van der Waals surface area contributed by atoms with Crippen molar-refractivity contribution < 1.29 is 9.47 Å². The smallest absolute Gasteiger partial charge is 0.247 e. The van der Waals surface area contributed by atoms with E-state index < -0.39 is 6.23 Å². The Morgan fingerprint density at radius 2 is 1.94 bits per heavy atom. The van der Waals surface area contributed by atoms with Crippen molar-refractivity contribution in [1.82, 2.24) is 15.2 Å². The molecule has 4 aromatic rings. The number of ether oxygens (including phenoxy) is 2. The van der Waals surface area contributed by atoms with Crippen LogP contribution in [0, 0.1) is 0 Å². The number of nitrogens with zero attached hydrogens (tertiary/aromatic N) is 3. The van der Waals surface area contributed by atoms with E-state index in [1.807, 2.05) is 42.5 Å². The minimum atomic E-state index is -0.465. The van der Waals surface area contributed by atoms with Gasteiger partial charge in [0.25, 0.3) is 0 Å². The number of rotatable bonds is 5. The minimum Gasteiger partial charge on any atom is -0.496 e. The third-order valence-corrected chi connectivity index (χ3v) is 6.78. The van der Waals surface area contributed by atoms with Crippen molar-refractivity contribution >= 4 is 44.2 Å². The lowest BCUT2D eigenvalue weighted by Crippen LogP contribution is -2.17. The molecule has 0 spiro atoms. The van der Waals surface area contributed by atoms with E-state index in [4.69, 9.17) is 14.5 Å². The Balaban J connectivity index is 1.67. The van der Waals surface area contributed by atoms with E-state index in [2.05, 4.69) is 50.5 Å². The molecule has 1 aliphatic heterocycles. The largest absolute Gasteiger partial charge is 0.496 e. The average Bonchev–Trinajstić information content (AvgIpc) is 2.98. The van der Waals surface area contributed by atoms with E-state index in [1.165, 1.54) is 0 Å². The van der Waals surface area contributed by atoms with Gasteiger partial charge in [0.2, 0.25) is 11.0 Å². The Morgan fingerprint density at radius 3 is 2.75 bits per heavy atom. The monoisotopic (exact) mass is 508 g/mol. The first kappa shape index (κ1) is 21.0. The highest BCUT2D eigenvalue weighted by Gasteiger charge is 2.27. The first-order valence-electron chi connectivity index (χ1n) is 10.3. The van der Waals surface area contributed by atoms with Crippen LogP contribution in [0.25, 0.3) is 22.0 Å². The summed E-state index contributed by atoms with van der Waals surface area (Å²) in [4.78, 5) is 4.72. The van der Waals surface area contributed by atoms with Crippen LogP contribution >= 0.6 is 27.7 Å². The molecule has 0 saturated heterocycles. The van der Waals surface area contributed by atoms with Crippen molar-refractivity contribution in [2.24, 2.45) is 0 Å². The standard InChI is InChI=1S/C24H21BrN4O2S/c1-3-12-32-24-27-23-21(28-29-24)18-13-14(25)8-10-19(18)26-22(31-23)17-9-11-20(30-2)16-7-5-4-6-15(16)17/h4-11,13,22,26H,3,12H2,1-2H3. The molecule has 1 unspecified atom stereocenters. The molecule has 1 aliphatic rings. The molecule has 32 heavy (non-hydrogen) atoms. The zero-order chi connectivity index (χ0) is 22.1. The van der Waals surface area contributed by atoms with Gasteiger partial charge in [-0.1, -0.05) is 58.9 Å². The van der Waals surface area contributed by atoms with Crippen LogP contribution in [0.2, 0.25) is 0 Å². The van der Waals surface area contributed by atoms with Gasteiger partial charge in [-0.2, -0.15) is 4.98 Å². The summed E-state index contributed by atoms with van der Waals surface area (Å²) in [7, 11) is 1.68. The molecule has 2 heterocycles. The SMILES string of the molecule is CCCSc1nnc2c(n1)OC(c1ccc(OC)c3ccccc13)Nc1ccc(Br)cc1-2. The van der Waals surface area contributed by atoms with E-state index >= 15 is 0 Å². The summed E-state index contributed by atoms with van der Waals surface area (Å²) < 4.78 is 13.0. The lowest BCUT2D eigenvalue weighted by molar-refractivity contribution is 0.226. The minimum absolute atomic E-state index is 0.465. The number of anilines is 1. The number of benzene rings is 3. The molecular weight excluding hydrogens is 488 g/mol. The maximum Gasteiger partial charge on any atom is 0.247 e. The lowest BCUT2D eigenvalue weighted by Gasteiger charge is -2.21. The van der Waals surface area contributed by atoms with Crippen molar-refractivity contribution in [2.75, 3.05) is 18.2 Å². The second kappa shape index (κ2) is 8.96. The summed E-state index contributed by atoms with van der Waals surface area (Å²) in [6.07, 6.45) is 0.566. The second-order valence-corrected chi connectivity index (χ2v) is 9.31. The number of nitrogens with one attached hydrogen (secondary N) is 1. The number of hydrogen-bond donors (Lipinski definition) is 1. The fourth-order valence-electron chi connectivity index (χ4n) is 3.77. The first-order chi connectivity index (χ1) is 15.7. The molecule has 5 rings (SSSR count). The molecule has 0 amide bonds. The molecule has 1 aromatic heterocycles. The highest BCUT2D eigenvalue weighted by Crippen LogP contribution is 2.42. The van der Waals surface area contributed by atoms with Gasteiger partial charge in [0, 0.05) is 32.4 Å². The number of aromatic nitrogens is 3. The van der Waals surface area contributed by atoms with Crippen LogP contribution in [0.15, 0.2) is 64.2 Å². The van der Waals surface area contributed by atoms with Gasteiger partial charge >= 0.3 is 0 Å². The summed E-state index contributed by atoms with van der Waals surface area (Å²) in [5.74, 6) is 2.21. The van der Waals surface area contributed by atoms with Gasteiger partial charge in [0.05, 0.1) is 7.11 Å². The van der Waals surface area contributed by atoms with E-state index in [9.17, 15) is 0 Å². The molecule has 162 valence electrons. The molecule has 6 nitrogen and oxygen atoms in total. The van der Waals surface area contributed by atoms with E-state index in [0.29, 0.717) is 16.7 Å². The lowest BCUT2D eigenvalue weighted by atomic mass is 10.0. The van der Waals surface area contributed by atoms with Crippen LogP contribution in [-0.4, -0.2) is 28.0 Å². The second-order valence-electron chi connectivity index (χ2n) is 7.33. The fourth-order valence-corrected chi connectivity index (χ4v) is 4.76. The number of fused-ring (bicyclic) bond motifs is 4.